The summed E-state index contributed by atoms with van der Waals surface area (Å²) in [6.45, 7) is 3.79. The van der Waals surface area contributed by atoms with Gasteiger partial charge in [-0.3, -0.25) is 9.98 Å². The predicted molar refractivity (Wildman–Crippen MR) is 74.5 cm³/mol. The molecule has 0 amide bonds. The molecule has 2 aliphatic rings. The maximum atomic E-state index is 4.43. The lowest BCUT2D eigenvalue weighted by molar-refractivity contribution is 0.951. The number of amidine groups is 2. The van der Waals surface area contributed by atoms with Crippen LogP contribution in [0.1, 0.15) is 11.1 Å². The van der Waals surface area contributed by atoms with E-state index in [1.807, 2.05) is 0 Å². The molecule has 18 heavy (non-hydrogen) atoms. The highest BCUT2D eigenvalue weighted by molar-refractivity contribution is 5.87. The minimum atomic E-state index is 0.910. The van der Waals surface area contributed by atoms with Gasteiger partial charge in [-0.1, -0.05) is 24.3 Å². The van der Waals surface area contributed by atoms with Crippen molar-refractivity contribution in [3.63, 3.8) is 0 Å². The van der Waals surface area contributed by atoms with Crippen LogP contribution < -0.4 is 10.6 Å². The number of nitrogens with one attached hydrogen (secondary N) is 2. The molecule has 0 spiro atoms. The van der Waals surface area contributed by atoms with E-state index in [0.29, 0.717) is 0 Å². The van der Waals surface area contributed by atoms with Gasteiger partial charge in [0.2, 0.25) is 0 Å². The van der Waals surface area contributed by atoms with E-state index in [4.69, 9.17) is 0 Å². The van der Waals surface area contributed by atoms with Crippen LogP contribution in [0.3, 0.4) is 0 Å². The van der Waals surface area contributed by atoms with Gasteiger partial charge in [0.15, 0.2) is 0 Å². The Kier molecular flexibility index (Phi) is 3.26. The fourth-order valence-corrected chi connectivity index (χ4v) is 2.37. The molecule has 0 aromatic heterocycles. The second-order valence-corrected chi connectivity index (χ2v) is 4.68. The van der Waals surface area contributed by atoms with Crippen molar-refractivity contribution in [2.45, 2.75) is 12.8 Å². The molecule has 94 valence electrons. The Morgan fingerprint density at radius 1 is 0.889 bits per heavy atom. The number of aliphatic imine (C=N–C) groups is 2. The van der Waals surface area contributed by atoms with Gasteiger partial charge in [0.05, 0.1) is 13.1 Å². The molecule has 0 saturated heterocycles. The zero-order valence-electron chi connectivity index (χ0n) is 10.4. The molecule has 0 bridgehead atoms. The topological polar surface area (TPSA) is 48.8 Å². The number of nitrogens with zero attached hydrogens (tertiary/aromatic N) is 2. The van der Waals surface area contributed by atoms with Crippen molar-refractivity contribution in [3.8, 4) is 0 Å². The van der Waals surface area contributed by atoms with Gasteiger partial charge >= 0.3 is 0 Å². The van der Waals surface area contributed by atoms with Gasteiger partial charge in [0, 0.05) is 25.9 Å². The van der Waals surface area contributed by atoms with E-state index >= 15 is 0 Å². The Balaban J connectivity index is 1.68. The zero-order valence-corrected chi connectivity index (χ0v) is 10.4. The van der Waals surface area contributed by atoms with Crippen LogP contribution >= 0.6 is 0 Å². The fraction of sp³-hybridized carbons (Fsp3) is 0.429. The second kappa shape index (κ2) is 5.21. The summed E-state index contributed by atoms with van der Waals surface area (Å²) in [6, 6.07) is 8.70. The molecule has 0 fully saturated rings. The Morgan fingerprint density at radius 3 is 1.89 bits per heavy atom. The van der Waals surface area contributed by atoms with Crippen LogP contribution in [0, 0.1) is 0 Å². The summed E-state index contributed by atoms with van der Waals surface area (Å²) in [4.78, 5) is 8.87. The molecule has 1 aromatic rings. The smallest absolute Gasteiger partial charge is 0.101 e. The Labute approximate surface area is 107 Å². The van der Waals surface area contributed by atoms with Crippen molar-refractivity contribution in [1.29, 1.82) is 0 Å². The Morgan fingerprint density at radius 2 is 1.44 bits per heavy atom. The summed E-state index contributed by atoms with van der Waals surface area (Å²) >= 11 is 0. The van der Waals surface area contributed by atoms with Crippen LogP contribution in [-0.4, -0.2) is 37.9 Å². The number of hydrogen-bond donors (Lipinski definition) is 2. The Hall–Kier alpha value is -1.84. The Bertz CT molecular complexity index is 449. The number of hydrogen-bond acceptors (Lipinski definition) is 4. The zero-order chi connectivity index (χ0) is 12.2. The molecule has 1 aromatic carbocycles. The quantitative estimate of drug-likeness (QED) is 0.819. The average molecular weight is 242 g/mol. The van der Waals surface area contributed by atoms with Crippen molar-refractivity contribution < 1.29 is 0 Å². The summed E-state index contributed by atoms with van der Waals surface area (Å²) in [7, 11) is 0. The largest absolute Gasteiger partial charge is 0.372 e. The third kappa shape index (κ3) is 2.70. The maximum absolute atomic E-state index is 4.43. The van der Waals surface area contributed by atoms with Crippen molar-refractivity contribution in [2.75, 3.05) is 26.2 Å². The van der Waals surface area contributed by atoms with Crippen LogP contribution in [0.15, 0.2) is 34.3 Å². The summed E-state index contributed by atoms with van der Waals surface area (Å²) in [5.41, 5.74) is 2.64. The highest BCUT2D eigenvalue weighted by Crippen LogP contribution is 2.09. The molecule has 2 heterocycles. The van der Waals surface area contributed by atoms with Crippen molar-refractivity contribution in [3.05, 3.63) is 35.4 Å². The van der Waals surface area contributed by atoms with E-state index in [9.17, 15) is 0 Å². The lowest BCUT2D eigenvalue weighted by Crippen LogP contribution is -2.21. The van der Waals surface area contributed by atoms with Crippen molar-refractivity contribution >= 4 is 11.7 Å². The van der Waals surface area contributed by atoms with Crippen LogP contribution in [0.2, 0.25) is 0 Å². The van der Waals surface area contributed by atoms with Gasteiger partial charge in [-0.05, 0) is 11.1 Å². The number of benzene rings is 1. The van der Waals surface area contributed by atoms with Gasteiger partial charge in [0.1, 0.15) is 11.7 Å². The SMILES string of the molecule is c1cc(CC2=NCCN2)cc(CC2=NCCN2)c1. The van der Waals surface area contributed by atoms with Gasteiger partial charge < -0.3 is 10.6 Å². The summed E-state index contributed by atoms with van der Waals surface area (Å²) in [5.74, 6) is 2.23. The highest BCUT2D eigenvalue weighted by Gasteiger charge is 2.08. The average Bonchev–Trinajstić information content (AvgIpc) is 3.03. The first-order valence-electron chi connectivity index (χ1n) is 6.52. The molecule has 0 saturated carbocycles. The molecule has 3 rings (SSSR count). The molecule has 4 heteroatoms. The molecule has 0 atom stereocenters. The van der Waals surface area contributed by atoms with Crippen LogP contribution in [-0.2, 0) is 12.8 Å². The van der Waals surface area contributed by atoms with Crippen LogP contribution in [0.25, 0.3) is 0 Å². The fourth-order valence-electron chi connectivity index (χ4n) is 2.37. The molecule has 4 nitrogen and oxygen atoms in total. The molecule has 2 aliphatic heterocycles. The van der Waals surface area contributed by atoms with Crippen molar-refractivity contribution in [1.82, 2.24) is 10.6 Å². The minimum Gasteiger partial charge on any atom is -0.372 e. The first-order valence-corrected chi connectivity index (χ1v) is 6.52. The molecular weight excluding hydrogens is 224 g/mol. The molecule has 0 unspecified atom stereocenters. The van der Waals surface area contributed by atoms with Crippen molar-refractivity contribution in [2.24, 2.45) is 9.98 Å². The molecule has 0 radical (unpaired) electrons. The number of rotatable bonds is 4. The first kappa shape index (κ1) is 11.3. The van der Waals surface area contributed by atoms with Crippen LogP contribution in [0.4, 0.5) is 0 Å². The first-order chi connectivity index (χ1) is 8.90. The van der Waals surface area contributed by atoms with Gasteiger partial charge in [0.25, 0.3) is 0 Å². The third-order valence-electron chi connectivity index (χ3n) is 3.22. The van der Waals surface area contributed by atoms with Gasteiger partial charge in [-0.15, -0.1) is 0 Å². The van der Waals surface area contributed by atoms with E-state index in [1.54, 1.807) is 0 Å². The highest BCUT2D eigenvalue weighted by atomic mass is 15.1. The van der Waals surface area contributed by atoms with Crippen LogP contribution in [0.5, 0.6) is 0 Å². The third-order valence-corrected chi connectivity index (χ3v) is 3.22. The van der Waals surface area contributed by atoms with Gasteiger partial charge in [-0.2, -0.15) is 0 Å². The molecule has 0 aliphatic carbocycles. The second-order valence-electron chi connectivity index (χ2n) is 4.68. The maximum Gasteiger partial charge on any atom is 0.101 e. The van der Waals surface area contributed by atoms with E-state index in [-0.39, 0.29) is 0 Å². The van der Waals surface area contributed by atoms with E-state index in [2.05, 4.69) is 44.9 Å². The monoisotopic (exact) mass is 242 g/mol. The van der Waals surface area contributed by atoms with E-state index in [0.717, 1.165) is 50.7 Å². The summed E-state index contributed by atoms with van der Waals surface area (Å²) in [6.07, 6.45) is 1.82. The predicted octanol–water partition coefficient (Wildman–Crippen LogP) is 0.775. The standard InChI is InChI=1S/C14H18N4/c1-2-11(9-13-15-4-5-16-13)8-12(3-1)10-14-17-6-7-18-14/h1-3,8H,4-7,9-10H2,(H,15,16)(H,17,18). The molecular formula is C14H18N4. The lowest BCUT2D eigenvalue weighted by Gasteiger charge is -2.06. The van der Waals surface area contributed by atoms with E-state index in [1.165, 1.54) is 11.1 Å². The minimum absolute atomic E-state index is 0.910. The molecule has 2 N–H and O–H groups in total. The van der Waals surface area contributed by atoms with E-state index < -0.39 is 0 Å². The summed E-state index contributed by atoms with van der Waals surface area (Å²) < 4.78 is 0. The lowest BCUT2D eigenvalue weighted by atomic mass is 10.1. The van der Waals surface area contributed by atoms with Gasteiger partial charge in [-0.25, -0.2) is 0 Å². The summed E-state index contributed by atoms with van der Waals surface area (Å²) in [5, 5.41) is 6.62. The normalized spacial score (nSPS) is 18.0.